The molecule has 0 heterocycles. The summed E-state index contributed by atoms with van der Waals surface area (Å²) in [6.07, 6.45) is 0. The first-order valence-electron chi connectivity index (χ1n) is 8.51. The summed E-state index contributed by atoms with van der Waals surface area (Å²) < 4.78 is 10.4. The van der Waals surface area contributed by atoms with E-state index in [2.05, 4.69) is 0 Å². The number of ether oxygens (including phenoxy) is 2. The van der Waals surface area contributed by atoms with Crippen molar-refractivity contribution in [2.75, 3.05) is 20.1 Å². The fraction of sp³-hybridized carbons (Fsp3) is 0.381. The molecule has 1 amide bonds. The summed E-state index contributed by atoms with van der Waals surface area (Å²) in [7, 11) is 3.27. The third kappa shape index (κ3) is 5.15. The molecule has 2 aromatic rings. The summed E-state index contributed by atoms with van der Waals surface area (Å²) >= 11 is 6.04. The van der Waals surface area contributed by atoms with Gasteiger partial charge in [-0.1, -0.05) is 24.3 Å². The van der Waals surface area contributed by atoms with Gasteiger partial charge in [-0.15, -0.1) is 11.6 Å². The molecule has 140 valence electrons. The van der Waals surface area contributed by atoms with E-state index in [0.29, 0.717) is 13.1 Å². The van der Waals surface area contributed by atoms with Gasteiger partial charge in [0.2, 0.25) is 5.91 Å². The molecule has 0 unspecified atom stereocenters. The SMILES string of the molecule is COc1ccc(CN(Cc2ccc(OC)cc2)C(=O)C(C)(C)CCl)cc1. The zero-order chi connectivity index (χ0) is 19.2. The van der Waals surface area contributed by atoms with E-state index < -0.39 is 5.41 Å². The highest BCUT2D eigenvalue weighted by molar-refractivity contribution is 6.19. The van der Waals surface area contributed by atoms with E-state index in [9.17, 15) is 4.79 Å². The molecule has 0 aliphatic carbocycles. The minimum absolute atomic E-state index is 0.0270. The minimum atomic E-state index is -0.625. The Balaban J connectivity index is 2.23. The number of rotatable bonds is 8. The van der Waals surface area contributed by atoms with E-state index in [1.165, 1.54) is 0 Å². The van der Waals surface area contributed by atoms with Gasteiger partial charge < -0.3 is 14.4 Å². The van der Waals surface area contributed by atoms with Crippen LogP contribution in [0, 0.1) is 5.41 Å². The summed E-state index contributed by atoms with van der Waals surface area (Å²) in [6.45, 7) is 4.76. The first kappa shape index (κ1) is 20.1. The number of hydrogen-bond donors (Lipinski definition) is 0. The highest BCUT2D eigenvalue weighted by Gasteiger charge is 2.31. The van der Waals surface area contributed by atoms with Crippen molar-refractivity contribution >= 4 is 17.5 Å². The van der Waals surface area contributed by atoms with Gasteiger partial charge in [0.15, 0.2) is 0 Å². The Kier molecular flexibility index (Phi) is 6.92. The monoisotopic (exact) mass is 375 g/mol. The normalized spacial score (nSPS) is 11.1. The minimum Gasteiger partial charge on any atom is -0.497 e. The van der Waals surface area contributed by atoms with Crippen LogP contribution in [-0.4, -0.2) is 30.9 Å². The summed E-state index contributed by atoms with van der Waals surface area (Å²) in [5, 5.41) is 0. The van der Waals surface area contributed by atoms with Gasteiger partial charge in [0.25, 0.3) is 0 Å². The second kappa shape index (κ2) is 8.95. The molecule has 0 spiro atoms. The van der Waals surface area contributed by atoms with E-state index in [4.69, 9.17) is 21.1 Å². The van der Waals surface area contributed by atoms with Crippen LogP contribution in [0.1, 0.15) is 25.0 Å². The van der Waals surface area contributed by atoms with Gasteiger partial charge in [-0.05, 0) is 49.2 Å². The number of alkyl halides is 1. The molecule has 0 radical (unpaired) electrons. The van der Waals surface area contributed by atoms with Crippen molar-refractivity contribution in [2.24, 2.45) is 5.41 Å². The van der Waals surface area contributed by atoms with Crippen molar-refractivity contribution in [1.82, 2.24) is 4.90 Å². The number of methoxy groups -OCH3 is 2. The van der Waals surface area contributed by atoms with Crippen molar-refractivity contribution in [3.05, 3.63) is 59.7 Å². The lowest BCUT2D eigenvalue weighted by atomic mass is 9.93. The van der Waals surface area contributed by atoms with E-state index in [0.717, 1.165) is 22.6 Å². The van der Waals surface area contributed by atoms with E-state index >= 15 is 0 Å². The molecule has 0 aromatic heterocycles. The van der Waals surface area contributed by atoms with Gasteiger partial charge in [-0.2, -0.15) is 0 Å². The highest BCUT2D eigenvalue weighted by Crippen LogP contribution is 2.24. The van der Waals surface area contributed by atoms with Crippen molar-refractivity contribution in [2.45, 2.75) is 26.9 Å². The molecule has 0 saturated carbocycles. The van der Waals surface area contributed by atoms with Crippen LogP contribution in [0.5, 0.6) is 11.5 Å². The number of carbonyl (C=O) groups is 1. The first-order chi connectivity index (χ1) is 12.4. The molecule has 0 N–H and O–H groups in total. The van der Waals surface area contributed by atoms with Crippen molar-refractivity contribution in [1.29, 1.82) is 0 Å². The predicted octanol–water partition coefficient (Wildman–Crippen LogP) is 4.50. The molecule has 0 saturated heterocycles. The average molecular weight is 376 g/mol. The van der Waals surface area contributed by atoms with Gasteiger partial charge >= 0.3 is 0 Å². The summed E-state index contributed by atoms with van der Waals surface area (Å²) in [5.41, 5.74) is 1.46. The van der Waals surface area contributed by atoms with E-state index in [1.54, 1.807) is 14.2 Å². The van der Waals surface area contributed by atoms with Crippen molar-refractivity contribution in [3.8, 4) is 11.5 Å². The zero-order valence-electron chi connectivity index (χ0n) is 15.8. The number of halogens is 1. The molecule has 0 aliphatic rings. The molecule has 4 nitrogen and oxygen atoms in total. The first-order valence-corrected chi connectivity index (χ1v) is 9.04. The Morgan fingerprint density at radius 2 is 1.27 bits per heavy atom. The van der Waals surface area contributed by atoms with Gasteiger partial charge in [-0.25, -0.2) is 0 Å². The number of nitrogens with zero attached hydrogens (tertiary/aromatic N) is 1. The number of benzene rings is 2. The maximum Gasteiger partial charge on any atom is 0.230 e. The smallest absolute Gasteiger partial charge is 0.230 e. The molecule has 2 rings (SSSR count). The predicted molar refractivity (Wildman–Crippen MR) is 105 cm³/mol. The number of amides is 1. The Bertz CT molecular complexity index is 662. The lowest BCUT2D eigenvalue weighted by Gasteiger charge is -2.31. The van der Waals surface area contributed by atoms with Gasteiger partial charge in [0.05, 0.1) is 19.6 Å². The Morgan fingerprint density at radius 1 is 0.885 bits per heavy atom. The van der Waals surface area contributed by atoms with E-state index in [1.807, 2.05) is 67.3 Å². The zero-order valence-corrected chi connectivity index (χ0v) is 16.5. The maximum absolute atomic E-state index is 13.0. The summed E-state index contributed by atoms with van der Waals surface area (Å²) in [5.74, 6) is 1.89. The van der Waals surface area contributed by atoms with Gasteiger partial charge in [-0.3, -0.25) is 4.79 Å². The Labute approximate surface area is 160 Å². The molecule has 0 aliphatic heterocycles. The fourth-order valence-corrected chi connectivity index (χ4v) is 2.70. The number of hydrogen-bond acceptors (Lipinski definition) is 3. The Hall–Kier alpha value is -2.20. The molecular formula is C21H26ClNO3. The van der Waals surface area contributed by atoms with Crippen molar-refractivity contribution < 1.29 is 14.3 Å². The topological polar surface area (TPSA) is 38.8 Å². The van der Waals surface area contributed by atoms with Crippen LogP contribution in [0.2, 0.25) is 0 Å². The molecule has 0 atom stereocenters. The van der Waals surface area contributed by atoms with Crippen LogP contribution >= 0.6 is 11.6 Å². The number of carbonyl (C=O) groups excluding carboxylic acids is 1. The third-order valence-electron chi connectivity index (χ3n) is 4.27. The second-order valence-electron chi connectivity index (χ2n) is 6.87. The third-order valence-corrected chi connectivity index (χ3v) is 4.93. The lowest BCUT2D eigenvalue weighted by Crippen LogP contribution is -2.41. The van der Waals surface area contributed by atoms with Crippen LogP contribution in [0.15, 0.2) is 48.5 Å². The molecule has 0 bridgehead atoms. The molecule has 26 heavy (non-hydrogen) atoms. The quantitative estimate of drug-likeness (QED) is 0.638. The Morgan fingerprint density at radius 3 is 1.58 bits per heavy atom. The summed E-state index contributed by atoms with van der Waals surface area (Å²) in [4.78, 5) is 14.9. The molecule has 5 heteroatoms. The van der Waals surface area contributed by atoms with Crippen LogP contribution in [0.4, 0.5) is 0 Å². The van der Waals surface area contributed by atoms with Crippen LogP contribution < -0.4 is 9.47 Å². The average Bonchev–Trinajstić information content (AvgIpc) is 2.68. The molecule has 0 fully saturated rings. The second-order valence-corrected chi connectivity index (χ2v) is 7.14. The van der Waals surface area contributed by atoms with Gasteiger partial charge in [0.1, 0.15) is 11.5 Å². The molecular weight excluding hydrogens is 350 g/mol. The molecule has 2 aromatic carbocycles. The van der Waals surface area contributed by atoms with Crippen molar-refractivity contribution in [3.63, 3.8) is 0 Å². The van der Waals surface area contributed by atoms with Gasteiger partial charge in [0, 0.05) is 19.0 Å². The maximum atomic E-state index is 13.0. The van der Waals surface area contributed by atoms with Crippen LogP contribution in [0.3, 0.4) is 0 Å². The largest absolute Gasteiger partial charge is 0.497 e. The summed E-state index contributed by atoms with van der Waals surface area (Å²) in [6, 6.07) is 15.5. The fourth-order valence-electron chi connectivity index (χ4n) is 2.59. The van der Waals surface area contributed by atoms with Crippen LogP contribution in [0.25, 0.3) is 0 Å². The highest BCUT2D eigenvalue weighted by atomic mass is 35.5. The lowest BCUT2D eigenvalue weighted by molar-refractivity contribution is -0.140. The standard InChI is InChI=1S/C21H26ClNO3/c1-21(2,15-22)20(24)23(13-16-5-9-18(25-3)10-6-16)14-17-7-11-19(26-4)12-8-17/h5-12H,13-15H2,1-4H3. The van der Waals surface area contributed by atoms with E-state index in [-0.39, 0.29) is 11.8 Å². The van der Waals surface area contributed by atoms with Crippen LogP contribution in [-0.2, 0) is 17.9 Å².